The molecule has 2 aromatic rings. The highest BCUT2D eigenvalue weighted by Gasteiger charge is 2.23. The number of fused-ring (bicyclic) bond motifs is 1. The van der Waals surface area contributed by atoms with Crippen LogP contribution in [0.15, 0.2) is 29.3 Å². The third-order valence-electron chi connectivity index (χ3n) is 3.68. The van der Waals surface area contributed by atoms with E-state index in [-0.39, 0.29) is 16.7 Å². The average Bonchev–Trinajstić information content (AvgIpc) is 2.46. The molecule has 1 atom stereocenters. The number of rotatable bonds is 5. The van der Waals surface area contributed by atoms with Crippen molar-refractivity contribution >= 4 is 28.6 Å². The second kappa shape index (κ2) is 6.65. The van der Waals surface area contributed by atoms with Crippen LogP contribution in [-0.2, 0) is 4.79 Å². The van der Waals surface area contributed by atoms with Gasteiger partial charge in [-0.2, -0.15) is 0 Å². The van der Waals surface area contributed by atoms with Gasteiger partial charge < -0.3 is 5.32 Å². The molecule has 0 radical (unpaired) electrons. The molecule has 0 aliphatic carbocycles. The number of benzene rings is 1. The van der Waals surface area contributed by atoms with Crippen molar-refractivity contribution in [3.8, 4) is 0 Å². The second-order valence-corrected chi connectivity index (χ2v) is 7.41. The Labute approximate surface area is 136 Å². The highest BCUT2D eigenvalue weighted by atomic mass is 32.2. The number of para-hydroxylation sites is 1. The van der Waals surface area contributed by atoms with Gasteiger partial charge in [0.05, 0.1) is 10.8 Å². The molecule has 1 aromatic heterocycles. The van der Waals surface area contributed by atoms with Gasteiger partial charge in [-0.3, -0.25) is 4.79 Å². The van der Waals surface area contributed by atoms with Gasteiger partial charge >= 0.3 is 0 Å². The van der Waals surface area contributed by atoms with E-state index in [0.29, 0.717) is 0 Å². The predicted molar refractivity (Wildman–Crippen MR) is 92.1 cm³/mol. The minimum atomic E-state index is -0.205. The molecule has 1 heterocycles. The van der Waals surface area contributed by atoms with Crippen LogP contribution in [0.2, 0.25) is 0 Å². The number of hydrogen-bond acceptors (Lipinski definition) is 4. The maximum absolute atomic E-state index is 12.4. The smallest absolute Gasteiger partial charge is 0.233 e. The molecule has 1 N–H and O–H groups in total. The Balaban J connectivity index is 2.22. The molecule has 0 spiro atoms. The van der Waals surface area contributed by atoms with E-state index in [0.717, 1.165) is 28.2 Å². The Bertz CT molecular complexity index is 685. The number of hydrogen-bond donors (Lipinski definition) is 1. The number of aromatic nitrogens is 2. The van der Waals surface area contributed by atoms with E-state index >= 15 is 0 Å². The standard InChI is InChI=1S/C17H23N3OS/c1-6-17(4,5)20-15(21)11(2)22-16-13-9-7-8-10-14(13)18-12(3)19-16/h7-11H,6H2,1-5H3,(H,20,21). The van der Waals surface area contributed by atoms with Gasteiger partial charge in [0.2, 0.25) is 5.91 Å². The lowest BCUT2D eigenvalue weighted by atomic mass is 10.0. The monoisotopic (exact) mass is 317 g/mol. The molecular formula is C17H23N3OS. The number of nitrogens with one attached hydrogen (secondary N) is 1. The number of nitrogens with zero attached hydrogens (tertiary/aromatic N) is 2. The molecule has 1 unspecified atom stereocenters. The van der Waals surface area contributed by atoms with Crippen molar-refractivity contribution < 1.29 is 4.79 Å². The van der Waals surface area contributed by atoms with Crippen LogP contribution in [0.4, 0.5) is 0 Å². The van der Waals surface area contributed by atoms with Crippen LogP contribution in [0.3, 0.4) is 0 Å². The zero-order valence-electron chi connectivity index (χ0n) is 13.8. The van der Waals surface area contributed by atoms with E-state index in [2.05, 4.69) is 22.2 Å². The first-order valence-electron chi connectivity index (χ1n) is 7.54. The maximum Gasteiger partial charge on any atom is 0.233 e. The molecule has 1 amide bonds. The molecule has 0 aliphatic heterocycles. The average molecular weight is 317 g/mol. The molecule has 0 aliphatic rings. The molecule has 118 valence electrons. The Hall–Kier alpha value is -1.62. The molecule has 2 rings (SSSR count). The minimum Gasteiger partial charge on any atom is -0.350 e. The van der Waals surface area contributed by atoms with Gasteiger partial charge in [0.1, 0.15) is 10.9 Å². The van der Waals surface area contributed by atoms with Crippen LogP contribution in [0.1, 0.15) is 39.9 Å². The topological polar surface area (TPSA) is 54.9 Å². The van der Waals surface area contributed by atoms with Crippen LogP contribution in [0.5, 0.6) is 0 Å². The van der Waals surface area contributed by atoms with E-state index in [1.54, 1.807) is 0 Å². The summed E-state index contributed by atoms with van der Waals surface area (Å²) in [6.45, 7) is 9.93. The van der Waals surface area contributed by atoms with Crippen molar-refractivity contribution in [3.05, 3.63) is 30.1 Å². The Kier molecular flexibility index (Phi) is 5.06. The predicted octanol–water partition coefficient (Wildman–Crippen LogP) is 3.72. The molecule has 0 saturated carbocycles. The summed E-state index contributed by atoms with van der Waals surface area (Å²) in [6, 6.07) is 7.90. The Morgan fingerprint density at radius 1 is 1.32 bits per heavy atom. The molecule has 0 bridgehead atoms. The number of carbonyl (C=O) groups is 1. The van der Waals surface area contributed by atoms with Crippen LogP contribution < -0.4 is 5.32 Å². The fraction of sp³-hybridized carbons (Fsp3) is 0.471. The SMILES string of the molecule is CCC(C)(C)NC(=O)C(C)Sc1nc(C)nc2ccccc12. The summed E-state index contributed by atoms with van der Waals surface area (Å²) in [7, 11) is 0. The van der Waals surface area contributed by atoms with Crippen molar-refractivity contribution in [1.29, 1.82) is 0 Å². The first-order chi connectivity index (χ1) is 10.3. The van der Waals surface area contributed by atoms with Gasteiger partial charge in [-0.1, -0.05) is 36.9 Å². The number of aryl methyl sites for hydroxylation is 1. The van der Waals surface area contributed by atoms with Crippen LogP contribution in [0, 0.1) is 6.92 Å². The van der Waals surface area contributed by atoms with Crippen molar-refractivity contribution in [2.75, 3.05) is 0 Å². The van der Waals surface area contributed by atoms with Crippen molar-refractivity contribution in [2.45, 2.75) is 56.9 Å². The van der Waals surface area contributed by atoms with Gasteiger partial charge in [0.25, 0.3) is 0 Å². The number of thioether (sulfide) groups is 1. The summed E-state index contributed by atoms with van der Waals surface area (Å²) < 4.78 is 0. The number of amides is 1. The van der Waals surface area contributed by atoms with E-state index in [9.17, 15) is 4.79 Å². The molecular weight excluding hydrogens is 294 g/mol. The summed E-state index contributed by atoms with van der Waals surface area (Å²) >= 11 is 1.48. The Morgan fingerprint density at radius 2 is 2.00 bits per heavy atom. The third kappa shape index (κ3) is 3.97. The van der Waals surface area contributed by atoms with Gasteiger partial charge in [0.15, 0.2) is 0 Å². The van der Waals surface area contributed by atoms with E-state index in [4.69, 9.17) is 0 Å². The molecule has 1 aromatic carbocycles. The van der Waals surface area contributed by atoms with E-state index in [1.807, 2.05) is 52.0 Å². The quantitative estimate of drug-likeness (QED) is 0.674. The van der Waals surface area contributed by atoms with Crippen LogP contribution in [0.25, 0.3) is 10.9 Å². The summed E-state index contributed by atoms with van der Waals surface area (Å²) in [5.41, 5.74) is 0.731. The van der Waals surface area contributed by atoms with Crippen molar-refractivity contribution in [3.63, 3.8) is 0 Å². The highest BCUT2D eigenvalue weighted by molar-refractivity contribution is 8.00. The molecule has 0 fully saturated rings. The fourth-order valence-electron chi connectivity index (χ4n) is 1.99. The van der Waals surface area contributed by atoms with Gasteiger partial charge in [-0.15, -0.1) is 0 Å². The first kappa shape index (κ1) is 16.7. The van der Waals surface area contributed by atoms with Crippen LogP contribution in [-0.4, -0.2) is 26.7 Å². The molecule has 5 heteroatoms. The number of carbonyl (C=O) groups excluding carboxylic acids is 1. The van der Waals surface area contributed by atoms with Gasteiger partial charge in [0, 0.05) is 10.9 Å². The highest BCUT2D eigenvalue weighted by Crippen LogP contribution is 2.28. The summed E-state index contributed by atoms with van der Waals surface area (Å²) in [4.78, 5) is 21.3. The minimum absolute atomic E-state index is 0.0391. The normalized spacial score (nSPS) is 13.1. The zero-order valence-corrected chi connectivity index (χ0v) is 14.6. The second-order valence-electron chi connectivity index (χ2n) is 6.08. The molecule has 4 nitrogen and oxygen atoms in total. The molecule has 22 heavy (non-hydrogen) atoms. The van der Waals surface area contributed by atoms with E-state index in [1.165, 1.54) is 11.8 Å². The molecule has 0 saturated heterocycles. The lowest BCUT2D eigenvalue weighted by Crippen LogP contribution is -2.46. The van der Waals surface area contributed by atoms with Crippen molar-refractivity contribution in [2.24, 2.45) is 0 Å². The lowest BCUT2D eigenvalue weighted by molar-refractivity contribution is -0.121. The Morgan fingerprint density at radius 3 is 2.68 bits per heavy atom. The van der Waals surface area contributed by atoms with Crippen LogP contribution >= 0.6 is 11.8 Å². The van der Waals surface area contributed by atoms with E-state index < -0.39 is 0 Å². The van der Waals surface area contributed by atoms with Crippen molar-refractivity contribution in [1.82, 2.24) is 15.3 Å². The lowest BCUT2D eigenvalue weighted by Gasteiger charge is -2.26. The fourth-order valence-corrected chi connectivity index (χ4v) is 2.98. The summed E-state index contributed by atoms with van der Waals surface area (Å²) in [5, 5.41) is 4.73. The van der Waals surface area contributed by atoms with Gasteiger partial charge in [-0.05, 0) is 40.2 Å². The largest absolute Gasteiger partial charge is 0.350 e. The summed E-state index contributed by atoms with van der Waals surface area (Å²) in [5.74, 6) is 0.764. The first-order valence-corrected chi connectivity index (χ1v) is 8.42. The van der Waals surface area contributed by atoms with Gasteiger partial charge in [-0.25, -0.2) is 9.97 Å². The summed E-state index contributed by atoms with van der Waals surface area (Å²) in [6.07, 6.45) is 0.895. The third-order valence-corrected chi connectivity index (χ3v) is 4.79. The zero-order chi connectivity index (χ0) is 16.3. The maximum atomic E-state index is 12.4.